The molecule has 22 heavy (non-hydrogen) atoms. The summed E-state index contributed by atoms with van der Waals surface area (Å²) in [5, 5.41) is 0. The van der Waals surface area contributed by atoms with Crippen molar-refractivity contribution < 1.29 is 13.9 Å². The van der Waals surface area contributed by atoms with Gasteiger partial charge in [0.1, 0.15) is 12.5 Å². The molecule has 0 unspecified atom stereocenters. The molecule has 0 radical (unpaired) electrons. The van der Waals surface area contributed by atoms with Gasteiger partial charge in [0.15, 0.2) is 0 Å². The molecule has 1 saturated heterocycles. The normalized spacial score (nSPS) is 17.7. The second-order valence-electron chi connectivity index (χ2n) is 5.48. The number of rotatable bonds is 4. The molecule has 0 aromatic heterocycles. The van der Waals surface area contributed by atoms with Crippen molar-refractivity contribution in [2.45, 2.75) is 18.9 Å². The van der Waals surface area contributed by atoms with Crippen molar-refractivity contribution in [2.24, 2.45) is 0 Å². The smallest absolute Gasteiger partial charge is 0.229 e. The minimum atomic E-state index is -0.337. The van der Waals surface area contributed by atoms with Gasteiger partial charge in [-0.05, 0) is 23.6 Å². The third kappa shape index (κ3) is 3.34. The third-order valence-electron chi connectivity index (χ3n) is 3.92. The van der Waals surface area contributed by atoms with Gasteiger partial charge in [-0.1, -0.05) is 48.5 Å². The van der Waals surface area contributed by atoms with E-state index < -0.39 is 0 Å². The lowest BCUT2D eigenvalue weighted by molar-refractivity contribution is -0.132. The summed E-state index contributed by atoms with van der Waals surface area (Å²) in [4.78, 5) is 14.2. The summed E-state index contributed by atoms with van der Waals surface area (Å²) in [5.74, 6) is -0.431. The van der Waals surface area contributed by atoms with Gasteiger partial charge in [-0.3, -0.25) is 4.79 Å². The third-order valence-corrected chi connectivity index (χ3v) is 3.92. The molecular formula is C18H18FNO2. The number of carbonyl (C=O) groups is 1. The summed E-state index contributed by atoms with van der Waals surface area (Å²) in [7, 11) is 0. The monoisotopic (exact) mass is 299 g/mol. The lowest BCUT2D eigenvalue weighted by Gasteiger charge is -2.22. The molecule has 2 aromatic carbocycles. The van der Waals surface area contributed by atoms with Crippen LogP contribution in [0.2, 0.25) is 0 Å². The van der Waals surface area contributed by atoms with Gasteiger partial charge in [-0.15, -0.1) is 0 Å². The van der Waals surface area contributed by atoms with Crippen molar-refractivity contribution in [1.82, 2.24) is 4.90 Å². The van der Waals surface area contributed by atoms with Gasteiger partial charge in [0, 0.05) is 0 Å². The van der Waals surface area contributed by atoms with Crippen LogP contribution in [-0.4, -0.2) is 30.2 Å². The molecule has 1 amide bonds. The minimum absolute atomic E-state index is 0.0154. The molecule has 0 saturated carbocycles. The van der Waals surface area contributed by atoms with Crippen LogP contribution in [0.15, 0.2) is 54.6 Å². The Kier molecular flexibility index (Phi) is 4.49. The molecule has 1 atom stereocenters. The maximum Gasteiger partial charge on any atom is 0.229 e. The van der Waals surface area contributed by atoms with Gasteiger partial charge in [0.25, 0.3) is 0 Å². The number of benzene rings is 2. The first-order valence-electron chi connectivity index (χ1n) is 7.38. The largest absolute Gasteiger partial charge is 0.359 e. The number of halogens is 1. The topological polar surface area (TPSA) is 29.5 Å². The van der Waals surface area contributed by atoms with E-state index in [9.17, 15) is 9.18 Å². The molecule has 3 rings (SSSR count). The van der Waals surface area contributed by atoms with Crippen LogP contribution in [0.4, 0.5) is 4.39 Å². The van der Waals surface area contributed by atoms with Crippen LogP contribution >= 0.6 is 0 Å². The molecule has 2 aromatic rings. The summed E-state index contributed by atoms with van der Waals surface area (Å²) < 4.78 is 19.1. The molecule has 3 nitrogen and oxygen atoms in total. The van der Waals surface area contributed by atoms with Crippen molar-refractivity contribution in [3.8, 4) is 0 Å². The Morgan fingerprint density at radius 1 is 1.14 bits per heavy atom. The molecular weight excluding hydrogens is 281 g/mol. The fourth-order valence-corrected chi connectivity index (χ4v) is 2.72. The molecule has 0 aliphatic carbocycles. The Morgan fingerprint density at radius 3 is 2.64 bits per heavy atom. The number of hydrogen-bond acceptors (Lipinski definition) is 2. The predicted octanol–water partition coefficient (Wildman–Crippen LogP) is 2.80. The van der Waals surface area contributed by atoms with Crippen LogP contribution in [0.25, 0.3) is 0 Å². The molecule has 0 bridgehead atoms. The standard InChI is InChI=1S/C18H18FNO2/c19-17-9-5-4-8-15(17)11-18(21)20-13-22-12-16(20)10-14-6-2-1-3-7-14/h1-9,16H,10-13H2/t16-/m1/s1. The highest BCUT2D eigenvalue weighted by Gasteiger charge is 2.29. The Hall–Kier alpha value is -2.20. The van der Waals surface area contributed by atoms with Crippen LogP contribution in [-0.2, 0) is 22.4 Å². The number of nitrogens with zero attached hydrogens (tertiary/aromatic N) is 1. The number of carbonyl (C=O) groups excluding carboxylic acids is 1. The lowest BCUT2D eigenvalue weighted by Crippen LogP contribution is -2.39. The molecule has 114 valence electrons. The lowest BCUT2D eigenvalue weighted by atomic mass is 10.0. The summed E-state index contributed by atoms with van der Waals surface area (Å²) in [6.45, 7) is 0.808. The Bertz CT molecular complexity index is 645. The molecule has 0 N–H and O–H groups in total. The van der Waals surface area contributed by atoms with Gasteiger partial charge >= 0.3 is 0 Å². The predicted molar refractivity (Wildman–Crippen MR) is 81.7 cm³/mol. The van der Waals surface area contributed by atoms with Crippen molar-refractivity contribution >= 4 is 5.91 Å². The van der Waals surface area contributed by atoms with E-state index in [1.165, 1.54) is 11.6 Å². The zero-order chi connectivity index (χ0) is 15.4. The fraction of sp³-hybridized carbons (Fsp3) is 0.278. The van der Waals surface area contributed by atoms with Crippen LogP contribution in [0.3, 0.4) is 0 Å². The molecule has 1 aliphatic heterocycles. The van der Waals surface area contributed by atoms with E-state index in [0.717, 1.165) is 6.42 Å². The van der Waals surface area contributed by atoms with Gasteiger partial charge in [0.2, 0.25) is 5.91 Å². The van der Waals surface area contributed by atoms with E-state index in [4.69, 9.17) is 4.74 Å². The number of hydrogen-bond donors (Lipinski definition) is 0. The molecule has 0 spiro atoms. The van der Waals surface area contributed by atoms with Gasteiger partial charge in [-0.25, -0.2) is 4.39 Å². The minimum Gasteiger partial charge on any atom is -0.359 e. The van der Waals surface area contributed by atoms with E-state index in [-0.39, 0.29) is 30.9 Å². The van der Waals surface area contributed by atoms with Gasteiger partial charge < -0.3 is 9.64 Å². The zero-order valence-electron chi connectivity index (χ0n) is 12.2. The maximum absolute atomic E-state index is 13.7. The molecule has 1 aliphatic rings. The highest BCUT2D eigenvalue weighted by Crippen LogP contribution is 2.17. The molecule has 1 heterocycles. The summed E-state index contributed by atoms with van der Waals surface area (Å²) in [5.41, 5.74) is 1.60. The van der Waals surface area contributed by atoms with E-state index in [1.54, 1.807) is 23.1 Å². The van der Waals surface area contributed by atoms with Crippen molar-refractivity contribution in [3.05, 3.63) is 71.5 Å². The van der Waals surface area contributed by atoms with Crippen LogP contribution in [0.5, 0.6) is 0 Å². The second-order valence-corrected chi connectivity index (χ2v) is 5.48. The van der Waals surface area contributed by atoms with Crippen molar-refractivity contribution in [1.29, 1.82) is 0 Å². The average Bonchev–Trinajstić information content (AvgIpc) is 2.99. The SMILES string of the molecule is O=C(Cc1ccccc1F)N1COC[C@H]1Cc1ccccc1. The Labute approximate surface area is 129 Å². The second kappa shape index (κ2) is 6.71. The number of amides is 1. The number of ether oxygens (including phenoxy) is 1. The quantitative estimate of drug-likeness (QED) is 0.869. The van der Waals surface area contributed by atoms with Crippen LogP contribution in [0, 0.1) is 5.82 Å². The first-order chi connectivity index (χ1) is 10.7. The van der Waals surface area contributed by atoms with Crippen molar-refractivity contribution in [3.63, 3.8) is 0 Å². The highest BCUT2D eigenvalue weighted by molar-refractivity contribution is 5.79. The molecule has 1 fully saturated rings. The Morgan fingerprint density at radius 2 is 1.86 bits per heavy atom. The summed E-state index contributed by atoms with van der Waals surface area (Å²) in [6, 6.07) is 16.4. The first kappa shape index (κ1) is 14.7. The van der Waals surface area contributed by atoms with Gasteiger partial charge in [-0.2, -0.15) is 0 Å². The highest BCUT2D eigenvalue weighted by atomic mass is 19.1. The van der Waals surface area contributed by atoms with Crippen molar-refractivity contribution in [2.75, 3.05) is 13.3 Å². The summed E-state index contributed by atoms with van der Waals surface area (Å²) >= 11 is 0. The summed E-state index contributed by atoms with van der Waals surface area (Å²) in [6.07, 6.45) is 0.825. The van der Waals surface area contributed by atoms with E-state index in [2.05, 4.69) is 0 Å². The first-order valence-corrected chi connectivity index (χ1v) is 7.38. The fourth-order valence-electron chi connectivity index (χ4n) is 2.72. The molecule has 4 heteroatoms. The van der Waals surface area contributed by atoms with E-state index in [1.807, 2.05) is 30.3 Å². The van der Waals surface area contributed by atoms with Gasteiger partial charge in [0.05, 0.1) is 19.1 Å². The Balaban J connectivity index is 1.67. The van der Waals surface area contributed by atoms with E-state index in [0.29, 0.717) is 12.2 Å². The maximum atomic E-state index is 13.7. The zero-order valence-corrected chi connectivity index (χ0v) is 12.2. The average molecular weight is 299 g/mol. The van der Waals surface area contributed by atoms with Crippen LogP contribution in [0.1, 0.15) is 11.1 Å². The van der Waals surface area contributed by atoms with E-state index >= 15 is 0 Å². The van der Waals surface area contributed by atoms with Crippen LogP contribution < -0.4 is 0 Å².